The number of nitrogens with one attached hydrogen (secondary N) is 1. The number of hydrogen-bond donors (Lipinski definition) is 2. The fourth-order valence-electron chi connectivity index (χ4n) is 3.44. The molecular formula is C21H26ClN3O2. The van der Waals surface area contributed by atoms with Crippen molar-refractivity contribution in [2.45, 2.75) is 38.1 Å². The molecule has 0 aliphatic heterocycles. The molecule has 5 nitrogen and oxygen atoms in total. The number of halogens is 1. The highest BCUT2D eigenvalue weighted by Gasteiger charge is 2.22. The molecule has 3 N–H and O–H groups in total. The quantitative estimate of drug-likeness (QED) is 0.766. The van der Waals surface area contributed by atoms with Crippen LogP contribution in [0.25, 0.3) is 0 Å². The van der Waals surface area contributed by atoms with Gasteiger partial charge in [0.2, 0.25) is 0 Å². The predicted molar refractivity (Wildman–Crippen MR) is 111 cm³/mol. The number of anilines is 2. The number of amides is 2. The fourth-order valence-corrected chi connectivity index (χ4v) is 3.44. The van der Waals surface area contributed by atoms with Gasteiger partial charge in [-0.25, -0.2) is 0 Å². The number of nitrogens with two attached hydrogens (primary N) is 1. The molecule has 0 bridgehead atoms. The summed E-state index contributed by atoms with van der Waals surface area (Å²) < 4.78 is 0. The van der Waals surface area contributed by atoms with Crippen molar-refractivity contribution >= 4 is 35.6 Å². The molecule has 27 heavy (non-hydrogen) atoms. The zero-order valence-electron chi connectivity index (χ0n) is 15.5. The first-order chi connectivity index (χ1) is 12.6. The van der Waals surface area contributed by atoms with E-state index in [1.54, 1.807) is 48.5 Å². The summed E-state index contributed by atoms with van der Waals surface area (Å²) in [5.41, 5.74) is 7.97. The molecule has 1 fully saturated rings. The summed E-state index contributed by atoms with van der Waals surface area (Å²) in [6, 6.07) is 14.3. The highest BCUT2D eigenvalue weighted by molar-refractivity contribution is 6.07. The minimum absolute atomic E-state index is 0. The third kappa shape index (κ3) is 5.01. The minimum atomic E-state index is -0.262. The fraction of sp³-hybridized carbons (Fsp3) is 0.333. The van der Waals surface area contributed by atoms with Crippen molar-refractivity contribution in [2.24, 2.45) is 0 Å². The Hall–Kier alpha value is -2.53. The van der Waals surface area contributed by atoms with Gasteiger partial charge in [0.05, 0.1) is 5.56 Å². The van der Waals surface area contributed by atoms with Gasteiger partial charge in [-0.3, -0.25) is 9.59 Å². The highest BCUT2D eigenvalue weighted by Crippen LogP contribution is 2.23. The van der Waals surface area contributed by atoms with Crippen LogP contribution >= 0.6 is 12.4 Å². The first kappa shape index (κ1) is 20.8. The van der Waals surface area contributed by atoms with E-state index in [0.29, 0.717) is 28.5 Å². The Morgan fingerprint density at radius 1 is 1.00 bits per heavy atom. The van der Waals surface area contributed by atoms with Crippen LogP contribution in [0, 0.1) is 0 Å². The Balaban J connectivity index is 0.00000261. The number of nitrogens with zero attached hydrogens (tertiary/aromatic N) is 1. The maximum atomic E-state index is 12.7. The van der Waals surface area contributed by atoms with Gasteiger partial charge in [0, 0.05) is 30.0 Å². The molecule has 0 heterocycles. The second kappa shape index (κ2) is 9.42. The Morgan fingerprint density at radius 2 is 1.63 bits per heavy atom. The molecule has 0 aromatic heterocycles. The summed E-state index contributed by atoms with van der Waals surface area (Å²) in [7, 11) is 1.88. The topological polar surface area (TPSA) is 75.4 Å². The number of carbonyl (C=O) groups excluding carboxylic acids is 2. The van der Waals surface area contributed by atoms with Crippen molar-refractivity contribution in [1.29, 1.82) is 0 Å². The third-order valence-electron chi connectivity index (χ3n) is 5.04. The zero-order chi connectivity index (χ0) is 18.5. The van der Waals surface area contributed by atoms with Gasteiger partial charge in [-0.05, 0) is 49.2 Å². The molecule has 0 unspecified atom stereocenters. The lowest BCUT2D eigenvalue weighted by Crippen LogP contribution is -2.38. The molecule has 0 spiro atoms. The van der Waals surface area contributed by atoms with Gasteiger partial charge in [0.15, 0.2) is 0 Å². The molecular weight excluding hydrogens is 362 g/mol. The average Bonchev–Trinajstić information content (AvgIpc) is 2.68. The number of benzene rings is 2. The molecule has 1 aliphatic carbocycles. The van der Waals surface area contributed by atoms with Crippen LogP contribution in [0.1, 0.15) is 52.8 Å². The largest absolute Gasteiger partial charge is 0.398 e. The van der Waals surface area contributed by atoms with Gasteiger partial charge in [-0.2, -0.15) is 0 Å². The lowest BCUT2D eigenvalue weighted by atomic mass is 9.94. The number of carbonyl (C=O) groups is 2. The maximum Gasteiger partial charge on any atom is 0.257 e. The van der Waals surface area contributed by atoms with E-state index in [0.717, 1.165) is 12.8 Å². The van der Waals surface area contributed by atoms with E-state index in [2.05, 4.69) is 5.32 Å². The second-order valence-corrected chi connectivity index (χ2v) is 6.83. The zero-order valence-corrected chi connectivity index (χ0v) is 16.3. The van der Waals surface area contributed by atoms with Crippen LogP contribution in [0.5, 0.6) is 0 Å². The number of hydrogen-bond acceptors (Lipinski definition) is 3. The SMILES string of the molecule is CN(C(=O)c1ccc(NC(=O)c2ccccc2N)cc1)C1CCCCC1.Cl. The molecule has 144 valence electrons. The van der Waals surface area contributed by atoms with Crippen LogP contribution in [0.15, 0.2) is 48.5 Å². The van der Waals surface area contributed by atoms with Crippen LogP contribution in [-0.2, 0) is 0 Å². The van der Waals surface area contributed by atoms with Crippen LogP contribution in [-0.4, -0.2) is 29.8 Å². The van der Waals surface area contributed by atoms with Gasteiger partial charge in [0.1, 0.15) is 0 Å². The van der Waals surface area contributed by atoms with Crippen LogP contribution in [0.4, 0.5) is 11.4 Å². The van der Waals surface area contributed by atoms with E-state index in [-0.39, 0.29) is 24.2 Å². The highest BCUT2D eigenvalue weighted by atomic mass is 35.5. The van der Waals surface area contributed by atoms with E-state index >= 15 is 0 Å². The first-order valence-corrected chi connectivity index (χ1v) is 9.09. The molecule has 0 radical (unpaired) electrons. The standard InChI is InChI=1S/C21H25N3O2.ClH/c1-24(17-7-3-2-4-8-17)21(26)15-11-13-16(14-12-15)23-20(25)18-9-5-6-10-19(18)22;/h5-6,9-14,17H,2-4,7-8,22H2,1H3,(H,23,25);1H. The van der Waals surface area contributed by atoms with E-state index in [1.165, 1.54) is 19.3 Å². The van der Waals surface area contributed by atoms with Gasteiger partial charge in [0.25, 0.3) is 11.8 Å². The molecule has 1 aliphatic rings. The molecule has 0 atom stereocenters. The van der Waals surface area contributed by atoms with E-state index in [1.807, 2.05) is 11.9 Å². The summed E-state index contributed by atoms with van der Waals surface area (Å²) in [6.45, 7) is 0. The van der Waals surface area contributed by atoms with Gasteiger partial charge in [-0.1, -0.05) is 31.4 Å². The number of para-hydroxylation sites is 1. The Morgan fingerprint density at radius 3 is 2.26 bits per heavy atom. The van der Waals surface area contributed by atoms with Crippen molar-refractivity contribution in [2.75, 3.05) is 18.1 Å². The van der Waals surface area contributed by atoms with Crippen molar-refractivity contribution in [3.8, 4) is 0 Å². The number of nitrogen functional groups attached to an aromatic ring is 1. The summed E-state index contributed by atoms with van der Waals surface area (Å²) in [4.78, 5) is 26.8. The molecule has 1 saturated carbocycles. The van der Waals surface area contributed by atoms with Crippen molar-refractivity contribution in [3.05, 3.63) is 59.7 Å². The third-order valence-corrected chi connectivity index (χ3v) is 5.04. The van der Waals surface area contributed by atoms with E-state index in [4.69, 9.17) is 5.73 Å². The lowest BCUT2D eigenvalue weighted by molar-refractivity contribution is 0.0696. The Labute approximate surface area is 166 Å². The summed E-state index contributed by atoms with van der Waals surface area (Å²) in [5, 5.41) is 2.81. The molecule has 2 aromatic rings. The van der Waals surface area contributed by atoms with Crippen LogP contribution < -0.4 is 11.1 Å². The maximum absolute atomic E-state index is 12.7. The summed E-state index contributed by atoms with van der Waals surface area (Å²) >= 11 is 0. The lowest BCUT2D eigenvalue weighted by Gasteiger charge is -2.31. The van der Waals surface area contributed by atoms with Gasteiger partial charge >= 0.3 is 0 Å². The smallest absolute Gasteiger partial charge is 0.257 e. The minimum Gasteiger partial charge on any atom is -0.398 e. The van der Waals surface area contributed by atoms with Crippen LogP contribution in [0.3, 0.4) is 0 Å². The van der Waals surface area contributed by atoms with Crippen molar-refractivity contribution < 1.29 is 9.59 Å². The van der Waals surface area contributed by atoms with Crippen molar-refractivity contribution in [1.82, 2.24) is 4.90 Å². The first-order valence-electron chi connectivity index (χ1n) is 9.09. The monoisotopic (exact) mass is 387 g/mol. The predicted octanol–water partition coefficient (Wildman–Crippen LogP) is 4.35. The normalized spacial score (nSPS) is 14.1. The van der Waals surface area contributed by atoms with Gasteiger partial charge in [-0.15, -0.1) is 12.4 Å². The van der Waals surface area contributed by atoms with Gasteiger partial charge < -0.3 is 16.0 Å². The Kier molecular flexibility index (Phi) is 7.25. The molecule has 3 rings (SSSR count). The molecule has 2 amide bonds. The molecule has 2 aromatic carbocycles. The molecule has 6 heteroatoms. The average molecular weight is 388 g/mol. The second-order valence-electron chi connectivity index (χ2n) is 6.83. The van der Waals surface area contributed by atoms with E-state index in [9.17, 15) is 9.59 Å². The summed E-state index contributed by atoms with van der Waals surface area (Å²) in [5.74, 6) is -0.233. The van der Waals surface area contributed by atoms with E-state index < -0.39 is 0 Å². The van der Waals surface area contributed by atoms with Crippen LogP contribution in [0.2, 0.25) is 0 Å². The molecule has 0 saturated heterocycles. The van der Waals surface area contributed by atoms with Crippen molar-refractivity contribution in [3.63, 3.8) is 0 Å². The number of rotatable bonds is 4. The Bertz CT molecular complexity index is 786. The summed E-state index contributed by atoms with van der Waals surface area (Å²) in [6.07, 6.45) is 5.80.